The molecule has 0 saturated heterocycles. The Hall–Kier alpha value is -0.920. The minimum atomic E-state index is -4.09. The van der Waals surface area contributed by atoms with E-state index in [0.29, 0.717) is 0 Å². The molecule has 0 aliphatic heterocycles. The number of aliphatic carboxylic acids is 1. The van der Waals surface area contributed by atoms with Crippen LogP contribution in [0.1, 0.15) is 5.69 Å². The van der Waals surface area contributed by atoms with E-state index in [2.05, 4.69) is 9.97 Å². The maximum Gasteiger partial charge on any atom is 0.319 e. The summed E-state index contributed by atoms with van der Waals surface area (Å²) in [5, 5.41) is 7.59. The molecule has 0 unspecified atom stereocenters. The van der Waals surface area contributed by atoms with Crippen molar-refractivity contribution in [1.82, 2.24) is 9.97 Å². The summed E-state index contributed by atoms with van der Waals surface area (Å²) in [6, 6.07) is 0. The largest absolute Gasteiger partial charge is 0.480 e. The predicted molar refractivity (Wildman–Crippen MR) is 56.5 cm³/mol. The Morgan fingerprint density at radius 1 is 1.38 bits per heavy atom. The maximum absolute atomic E-state index is 11.5. The first-order valence-electron chi connectivity index (χ1n) is 3.88. The van der Waals surface area contributed by atoms with Crippen LogP contribution in [-0.4, -0.2) is 35.2 Å². The van der Waals surface area contributed by atoms with Gasteiger partial charge in [-0.1, -0.05) is 23.2 Å². The van der Waals surface area contributed by atoms with E-state index in [-0.39, 0.29) is 15.9 Å². The minimum Gasteiger partial charge on any atom is -0.480 e. The van der Waals surface area contributed by atoms with Gasteiger partial charge in [-0.25, -0.2) is 18.4 Å². The molecule has 0 aromatic carbocycles. The normalized spacial score (nSPS) is 11.4. The van der Waals surface area contributed by atoms with Crippen LogP contribution < -0.4 is 0 Å². The summed E-state index contributed by atoms with van der Waals surface area (Å²) in [4.78, 5) is 17.3. The Bertz CT molecular complexity index is 520. The monoisotopic (exact) mass is 284 g/mol. The van der Waals surface area contributed by atoms with E-state index in [9.17, 15) is 13.2 Å². The van der Waals surface area contributed by atoms with Crippen molar-refractivity contribution < 1.29 is 18.3 Å². The van der Waals surface area contributed by atoms with E-state index in [0.717, 1.165) is 0 Å². The molecule has 1 aromatic rings. The van der Waals surface area contributed by atoms with Gasteiger partial charge < -0.3 is 5.11 Å². The molecule has 0 radical (unpaired) electrons. The van der Waals surface area contributed by atoms with Crippen molar-refractivity contribution in [3.05, 3.63) is 15.9 Å². The Morgan fingerprint density at radius 3 is 2.38 bits per heavy atom. The molecule has 0 saturated carbocycles. The highest BCUT2D eigenvalue weighted by Gasteiger charge is 2.24. The van der Waals surface area contributed by atoms with Crippen LogP contribution >= 0.6 is 23.2 Å². The SMILES string of the molecule is Cc1nc(S(=O)(=O)CC(=O)O)nc(Cl)c1Cl. The molecule has 0 aliphatic carbocycles. The van der Waals surface area contributed by atoms with Crippen LogP contribution in [0.4, 0.5) is 0 Å². The fourth-order valence-electron chi connectivity index (χ4n) is 0.866. The second-order valence-electron chi connectivity index (χ2n) is 2.85. The molecule has 6 nitrogen and oxygen atoms in total. The van der Waals surface area contributed by atoms with Gasteiger partial charge in [-0.2, -0.15) is 0 Å². The van der Waals surface area contributed by atoms with Gasteiger partial charge in [0.2, 0.25) is 15.0 Å². The highest BCUT2D eigenvalue weighted by atomic mass is 35.5. The standard InChI is InChI=1S/C7H6Cl2N2O4S/c1-3-5(8)6(9)11-7(10-3)16(14,15)2-4(12)13/h2H2,1H3,(H,12,13). The van der Waals surface area contributed by atoms with Gasteiger partial charge in [0.05, 0.1) is 10.7 Å². The Morgan fingerprint density at radius 2 is 1.94 bits per heavy atom. The highest BCUT2D eigenvalue weighted by Crippen LogP contribution is 2.23. The molecule has 0 amide bonds. The van der Waals surface area contributed by atoms with Crippen molar-refractivity contribution >= 4 is 39.0 Å². The molecule has 0 spiro atoms. The summed E-state index contributed by atoms with van der Waals surface area (Å²) in [5.41, 5.74) is 0.172. The average Bonchev–Trinajstić information content (AvgIpc) is 2.11. The number of aromatic nitrogens is 2. The number of rotatable bonds is 3. The number of halogens is 2. The van der Waals surface area contributed by atoms with Crippen molar-refractivity contribution in [3.8, 4) is 0 Å². The topological polar surface area (TPSA) is 97.2 Å². The third kappa shape index (κ3) is 2.81. The molecule has 1 aromatic heterocycles. The summed E-state index contributed by atoms with van der Waals surface area (Å²) in [6.45, 7) is 1.44. The molecular weight excluding hydrogens is 279 g/mol. The number of carbonyl (C=O) groups is 1. The van der Waals surface area contributed by atoms with E-state index in [1.807, 2.05) is 0 Å². The van der Waals surface area contributed by atoms with Gasteiger partial charge in [-0.05, 0) is 6.92 Å². The van der Waals surface area contributed by atoms with Gasteiger partial charge in [0.1, 0.15) is 0 Å². The lowest BCUT2D eigenvalue weighted by atomic mass is 10.5. The third-order valence-electron chi connectivity index (χ3n) is 1.55. The lowest BCUT2D eigenvalue weighted by Gasteiger charge is -2.03. The molecule has 1 N–H and O–H groups in total. The lowest BCUT2D eigenvalue weighted by molar-refractivity contribution is -0.134. The van der Waals surface area contributed by atoms with Crippen LogP contribution in [-0.2, 0) is 14.6 Å². The summed E-state index contributed by atoms with van der Waals surface area (Å²) in [7, 11) is -4.09. The number of hydrogen-bond donors (Lipinski definition) is 1. The van der Waals surface area contributed by atoms with Gasteiger partial charge in [0.15, 0.2) is 10.9 Å². The highest BCUT2D eigenvalue weighted by molar-refractivity contribution is 7.91. The summed E-state index contributed by atoms with van der Waals surface area (Å²) < 4.78 is 22.9. The molecule has 9 heteroatoms. The predicted octanol–water partition coefficient (Wildman–Crippen LogP) is 0.950. The Labute approximate surface area is 101 Å². The number of aryl methyl sites for hydroxylation is 1. The smallest absolute Gasteiger partial charge is 0.319 e. The van der Waals surface area contributed by atoms with Crippen molar-refractivity contribution in [2.45, 2.75) is 12.1 Å². The van der Waals surface area contributed by atoms with Crippen molar-refractivity contribution in [2.75, 3.05) is 5.75 Å². The van der Waals surface area contributed by atoms with Crippen molar-refractivity contribution in [3.63, 3.8) is 0 Å². The van der Waals surface area contributed by atoms with Crippen LogP contribution in [0.3, 0.4) is 0 Å². The quantitative estimate of drug-likeness (QED) is 0.656. The van der Waals surface area contributed by atoms with Crippen molar-refractivity contribution in [1.29, 1.82) is 0 Å². The number of carboxylic acid groups (broad SMARTS) is 1. The molecule has 1 heterocycles. The van der Waals surface area contributed by atoms with Crippen LogP contribution in [0.25, 0.3) is 0 Å². The van der Waals surface area contributed by atoms with Gasteiger partial charge in [-0.3, -0.25) is 4.79 Å². The minimum absolute atomic E-state index is 0.0379. The second kappa shape index (κ2) is 4.52. The summed E-state index contributed by atoms with van der Waals surface area (Å²) >= 11 is 11.2. The summed E-state index contributed by atoms with van der Waals surface area (Å²) in [6.07, 6.45) is 0. The van der Waals surface area contributed by atoms with Gasteiger partial charge >= 0.3 is 5.97 Å². The first-order chi connectivity index (χ1) is 7.24. The fraction of sp³-hybridized carbons (Fsp3) is 0.286. The van der Waals surface area contributed by atoms with E-state index < -0.39 is 26.7 Å². The summed E-state index contributed by atoms with van der Waals surface area (Å²) in [5.74, 6) is -2.59. The van der Waals surface area contributed by atoms with Gasteiger partial charge in [-0.15, -0.1) is 0 Å². The van der Waals surface area contributed by atoms with Gasteiger partial charge in [0.25, 0.3) is 0 Å². The first-order valence-corrected chi connectivity index (χ1v) is 6.29. The van der Waals surface area contributed by atoms with E-state index in [1.165, 1.54) is 6.92 Å². The Kier molecular flexibility index (Phi) is 3.72. The Balaban J connectivity index is 3.30. The zero-order chi connectivity index (χ0) is 12.5. The third-order valence-corrected chi connectivity index (χ3v) is 3.74. The number of nitrogens with zero attached hydrogens (tertiary/aromatic N) is 2. The average molecular weight is 285 g/mol. The lowest BCUT2D eigenvalue weighted by Crippen LogP contribution is -2.18. The van der Waals surface area contributed by atoms with Crippen LogP contribution in [0.5, 0.6) is 0 Å². The molecule has 0 atom stereocenters. The molecule has 0 bridgehead atoms. The van der Waals surface area contributed by atoms with Crippen LogP contribution in [0.2, 0.25) is 10.2 Å². The zero-order valence-corrected chi connectivity index (χ0v) is 10.3. The van der Waals surface area contributed by atoms with Crippen molar-refractivity contribution in [2.24, 2.45) is 0 Å². The fourth-order valence-corrected chi connectivity index (χ4v) is 2.18. The molecule has 88 valence electrons. The molecule has 1 rings (SSSR count). The maximum atomic E-state index is 11.5. The van der Waals surface area contributed by atoms with Crippen LogP contribution in [0.15, 0.2) is 5.16 Å². The molecule has 0 aliphatic rings. The van der Waals surface area contributed by atoms with Gasteiger partial charge in [0, 0.05) is 0 Å². The van der Waals surface area contributed by atoms with E-state index >= 15 is 0 Å². The van der Waals surface area contributed by atoms with E-state index in [4.69, 9.17) is 28.3 Å². The van der Waals surface area contributed by atoms with E-state index in [1.54, 1.807) is 0 Å². The molecular formula is C7H6Cl2N2O4S. The first kappa shape index (κ1) is 13.1. The second-order valence-corrected chi connectivity index (χ2v) is 5.47. The number of hydrogen-bond acceptors (Lipinski definition) is 5. The van der Waals surface area contributed by atoms with Crippen LogP contribution in [0, 0.1) is 6.92 Å². The molecule has 0 fully saturated rings. The zero-order valence-electron chi connectivity index (χ0n) is 7.94. The number of sulfone groups is 1. The molecule has 16 heavy (non-hydrogen) atoms. The number of carboxylic acids is 1.